The maximum Gasteiger partial charge on any atom is 0.331 e. The fourth-order valence-corrected chi connectivity index (χ4v) is 2.39. The van der Waals surface area contributed by atoms with E-state index < -0.39 is 38.4 Å². The second-order valence-electron chi connectivity index (χ2n) is 5.36. The third-order valence-corrected chi connectivity index (χ3v) is 3.20. The van der Waals surface area contributed by atoms with Gasteiger partial charge in [0, 0.05) is 5.92 Å². The van der Waals surface area contributed by atoms with Crippen molar-refractivity contribution in [3.63, 3.8) is 0 Å². The van der Waals surface area contributed by atoms with E-state index in [1.165, 1.54) is 0 Å². The van der Waals surface area contributed by atoms with E-state index in [1.807, 2.05) is 33.9 Å². The summed E-state index contributed by atoms with van der Waals surface area (Å²) in [5.41, 5.74) is -0.432. The van der Waals surface area contributed by atoms with Crippen LogP contribution in [0, 0.1) is 11.3 Å². The molecule has 2 unspecified atom stereocenters. The number of aliphatic carboxylic acids is 2. The number of rotatable bonds is 6. The second kappa shape index (κ2) is 6.16. The molecular weight excluding hydrogens is 240 g/mol. The van der Waals surface area contributed by atoms with E-state index in [0.717, 1.165) is 0 Å². The van der Waals surface area contributed by atoms with E-state index in [9.17, 15) is 9.59 Å². The van der Waals surface area contributed by atoms with E-state index >= 15 is 0 Å². The van der Waals surface area contributed by atoms with Gasteiger partial charge in [0.15, 0.2) is 0 Å². The van der Waals surface area contributed by atoms with E-state index in [-0.39, 0.29) is 6.42 Å². The van der Waals surface area contributed by atoms with Gasteiger partial charge in [0.2, 0.25) is 9.04 Å². The molecule has 0 aromatic carbocycles. The molecule has 0 fully saturated rings. The zero-order chi connectivity index (χ0) is 13.8. The van der Waals surface area contributed by atoms with Crippen molar-refractivity contribution in [1.29, 1.82) is 0 Å². The summed E-state index contributed by atoms with van der Waals surface area (Å²) < 4.78 is 5.44. The molecule has 0 rings (SSSR count). The van der Waals surface area contributed by atoms with Crippen LogP contribution in [0.5, 0.6) is 0 Å². The Morgan fingerprint density at radius 3 is 1.94 bits per heavy atom. The molecular formula is C11H21O5Si. The first-order valence-corrected chi connectivity index (χ1v) is 7.88. The zero-order valence-electron chi connectivity index (χ0n) is 11.0. The Morgan fingerprint density at radius 2 is 1.71 bits per heavy atom. The van der Waals surface area contributed by atoms with Crippen molar-refractivity contribution >= 4 is 21.0 Å². The first-order valence-electron chi connectivity index (χ1n) is 5.47. The largest absolute Gasteiger partial charge is 0.481 e. The molecule has 0 aromatic rings. The topological polar surface area (TPSA) is 83.8 Å². The average molecular weight is 261 g/mol. The van der Waals surface area contributed by atoms with Gasteiger partial charge < -0.3 is 14.6 Å². The molecule has 2 N–H and O–H groups in total. The van der Waals surface area contributed by atoms with Crippen LogP contribution in [0.1, 0.15) is 27.2 Å². The Balaban J connectivity index is 5.07. The molecule has 2 atom stereocenters. The van der Waals surface area contributed by atoms with E-state index in [1.54, 1.807) is 0 Å². The maximum absolute atomic E-state index is 11.2. The van der Waals surface area contributed by atoms with Crippen LogP contribution in [-0.2, 0) is 14.0 Å². The summed E-state index contributed by atoms with van der Waals surface area (Å²) in [6.45, 7) is 9.16. The van der Waals surface area contributed by atoms with Gasteiger partial charge in [-0.05, 0) is 18.5 Å². The van der Waals surface area contributed by atoms with Gasteiger partial charge in [0.05, 0.1) is 6.42 Å². The molecule has 5 nitrogen and oxygen atoms in total. The van der Waals surface area contributed by atoms with Crippen molar-refractivity contribution in [1.82, 2.24) is 0 Å². The Bertz CT molecular complexity index is 282. The van der Waals surface area contributed by atoms with Gasteiger partial charge in [-0.2, -0.15) is 0 Å². The van der Waals surface area contributed by atoms with Crippen LogP contribution in [0.2, 0.25) is 13.1 Å². The van der Waals surface area contributed by atoms with Crippen molar-refractivity contribution in [2.24, 2.45) is 11.3 Å². The molecule has 0 saturated carbocycles. The fraction of sp³-hybridized carbons (Fsp3) is 0.818. The lowest BCUT2D eigenvalue weighted by atomic mass is 9.75. The van der Waals surface area contributed by atoms with Crippen molar-refractivity contribution in [2.45, 2.75) is 46.4 Å². The van der Waals surface area contributed by atoms with Crippen molar-refractivity contribution in [2.75, 3.05) is 0 Å². The van der Waals surface area contributed by atoms with Crippen LogP contribution >= 0.6 is 0 Å². The third-order valence-electron chi connectivity index (χ3n) is 2.48. The minimum atomic E-state index is -1.19. The Hall–Kier alpha value is -0.883. The lowest BCUT2D eigenvalue weighted by molar-refractivity contribution is -0.153. The summed E-state index contributed by atoms with van der Waals surface area (Å²) in [5.74, 6) is -2.63. The van der Waals surface area contributed by atoms with Gasteiger partial charge in [-0.15, -0.1) is 0 Å². The van der Waals surface area contributed by atoms with E-state index in [2.05, 4.69) is 0 Å². The summed E-state index contributed by atoms with van der Waals surface area (Å²) in [5, 5.41) is 18.0. The van der Waals surface area contributed by atoms with Crippen molar-refractivity contribution in [3.8, 4) is 0 Å². The predicted octanol–water partition coefficient (Wildman–Crippen LogP) is 1.84. The summed E-state index contributed by atoms with van der Waals surface area (Å²) in [7, 11) is -1.19. The molecule has 0 heterocycles. The van der Waals surface area contributed by atoms with Crippen molar-refractivity contribution < 1.29 is 24.2 Å². The number of carbonyl (C=O) groups is 2. The van der Waals surface area contributed by atoms with Crippen LogP contribution < -0.4 is 0 Å². The Morgan fingerprint density at radius 1 is 1.24 bits per heavy atom. The lowest BCUT2D eigenvalue weighted by Crippen LogP contribution is -2.43. The molecule has 0 aliphatic carbocycles. The first kappa shape index (κ1) is 16.1. The number of carboxylic acids is 2. The average Bonchev–Trinajstić information content (AvgIpc) is 2.07. The smallest absolute Gasteiger partial charge is 0.331 e. The molecule has 6 heteroatoms. The highest BCUT2D eigenvalue weighted by atomic mass is 28.3. The van der Waals surface area contributed by atoms with E-state index in [4.69, 9.17) is 14.6 Å². The van der Waals surface area contributed by atoms with Crippen LogP contribution in [-0.4, -0.2) is 37.3 Å². The summed E-state index contributed by atoms with van der Waals surface area (Å²) >= 11 is 0. The van der Waals surface area contributed by atoms with Crippen LogP contribution in [0.25, 0.3) is 0 Å². The highest BCUT2D eigenvalue weighted by Crippen LogP contribution is 2.33. The molecule has 0 aliphatic rings. The van der Waals surface area contributed by atoms with E-state index in [0.29, 0.717) is 0 Å². The van der Waals surface area contributed by atoms with Crippen LogP contribution in [0.3, 0.4) is 0 Å². The summed E-state index contributed by atoms with van der Waals surface area (Å²) in [4.78, 5) is 22.0. The third kappa shape index (κ3) is 5.83. The standard InChI is InChI=1S/C11H21O5Si/c1-11(2,3)7(6-8(12)13)9(10(14)15)16-17(4)5/h7,9H,6H2,1-5H3,(H,12,13)(H,14,15). The highest BCUT2D eigenvalue weighted by Gasteiger charge is 2.39. The fourth-order valence-electron chi connectivity index (χ4n) is 1.61. The van der Waals surface area contributed by atoms with Gasteiger partial charge >= 0.3 is 11.9 Å². The zero-order valence-corrected chi connectivity index (χ0v) is 12.0. The number of carboxylic acid groups (broad SMARTS) is 2. The lowest BCUT2D eigenvalue weighted by Gasteiger charge is -2.34. The first-order chi connectivity index (χ1) is 7.55. The van der Waals surface area contributed by atoms with Gasteiger partial charge in [0.1, 0.15) is 6.10 Å². The van der Waals surface area contributed by atoms with Gasteiger partial charge in [-0.25, -0.2) is 4.79 Å². The molecule has 0 spiro atoms. The SMILES string of the molecule is C[Si](C)OC(C(=O)O)C(CC(=O)O)C(C)(C)C. The van der Waals surface area contributed by atoms with Crippen LogP contribution in [0.4, 0.5) is 0 Å². The Labute approximate surface area is 104 Å². The minimum Gasteiger partial charge on any atom is -0.481 e. The van der Waals surface area contributed by atoms with Gasteiger partial charge in [-0.3, -0.25) is 4.79 Å². The normalized spacial score (nSPS) is 15.6. The summed E-state index contributed by atoms with van der Waals surface area (Å²) in [6.07, 6.45) is -1.25. The predicted molar refractivity (Wildman–Crippen MR) is 65.2 cm³/mol. The minimum absolute atomic E-state index is 0.199. The molecule has 0 amide bonds. The molecule has 0 saturated heterocycles. The number of hydrogen-bond acceptors (Lipinski definition) is 3. The molecule has 1 radical (unpaired) electrons. The molecule has 17 heavy (non-hydrogen) atoms. The number of hydrogen-bond donors (Lipinski definition) is 2. The molecule has 0 aromatic heterocycles. The molecule has 99 valence electrons. The second-order valence-corrected chi connectivity index (χ2v) is 7.41. The van der Waals surface area contributed by atoms with Crippen molar-refractivity contribution in [3.05, 3.63) is 0 Å². The van der Waals surface area contributed by atoms with Gasteiger partial charge in [-0.1, -0.05) is 20.8 Å². The van der Waals surface area contributed by atoms with Gasteiger partial charge in [0.25, 0.3) is 0 Å². The molecule has 0 bridgehead atoms. The monoisotopic (exact) mass is 261 g/mol. The Kier molecular flexibility index (Phi) is 5.84. The highest BCUT2D eigenvalue weighted by molar-refractivity contribution is 6.48. The molecule has 0 aliphatic heterocycles. The maximum atomic E-state index is 11.2. The van der Waals surface area contributed by atoms with Crippen LogP contribution in [0.15, 0.2) is 0 Å². The quantitative estimate of drug-likeness (QED) is 0.713. The summed E-state index contributed by atoms with van der Waals surface area (Å²) in [6, 6.07) is 0.